The van der Waals surface area contributed by atoms with Crippen LogP contribution < -0.4 is 10.6 Å². The number of hydrogen-bond donors (Lipinski definition) is 4. The highest BCUT2D eigenvalue weighted by Crippen LogP contribution is 2.26. The molecule has 4 N–H and O–H groups in total. The molecule has 2 bridgehead atoms. The lowest BCUT2D eigenvalue weighted by molar-refractivity contribution is -0.155. The summed E-state index contributed by atoms with van der Waals surface area (Å²) in [5.41, 5.74) is 2.08. The van der Waals surface area contributed by atoms with Crippen molar-refractivity contribution in [2.24, 2.45) is 11.8 Å². The van der Waals surface area contributed by atoms with Gasteiger partial charge in [-0.25, -0.2) is 4.79 Å². The number of phenolic OH excluding ortho intramolecular Hbond substituents is 1. The van der Waals surface area contributed by atoms with Crippen LogP contribution in [0.5, 0.6) is 5.75 Å². The second kappa shape index (κ2) is 18.3. The molecule has 0 spiro atoms. The first-order valence-corrected chi connectivity index (χ1v) is 16.1. The summed E-state index contributed by atoms with van der Waals surface area (Å²) in [6, 6.07) is 4.14. The van der Waals surface area contributed by atoms with Crippen LogP contribution in [-0.4, -0.2) is 59.5 Å². The fourth-order valence-electron chi connectivity index (χ4n) is 5.72. The van der Waals surface area contributed by atoms with Crippen LogP contribution in [0, 0.1) is 11.8 Å². The van der Waals surface area contributed by atoms with E-state index in [1.807, 2.05) is 44.2 Å². The molecule has 2 aliphatic rings. The van der Waals surface area contributed by atoms with Crippen LogP contribution in [0.15, 0.2) is 66.3 Å². The number of methoxy groups -OCH3 is 1. The number of aryl methyl sites for hydroxylation is 1. The monoisotopic (exact) mass is 622 g/mol. The average molecular weight is 623 g/mol. The molecule has 5 unspecified atom stereocenters. The van der Waals surface area contributed by atoms with Crippen LogP contribution in [0.25, 0.3) is 0 Å². The molecular formula is C36H50N2O7. The Morgan fingerprint density at radius 1 is 1.07 bits per heavy atom. The molecule has 45 heavy (non-hydrogen) atoms. The minimum absolute atomic E-state index is 0.0375. The molecule has 1 aliphatic heterocycles. The first-order chi connectivity index (χ1) is 21.6. The van der Waals surface area contributed by atoms with Crippen molar-refractivity contribution >= 4 is 23.5 Å². The molecule has 1 aromatic rings. The first-order valence-electron chi connectivity index (χ1n) is 16.1. The van der Waals surface area contributed by atoms with Crippen molar-refractivity contribution in [3.63, 3.8) is 0 Å². The van der Waals surface area contributed by atoms with Crippen LogP contribution in [-0.2, 0) is 30.3 Å². The minimum Gasteiger partial charge on any atom is -0.508 e. The number of aromatic hydroxyl groups is 1. The van der Waals surface area contributed by atoms with E-state index in [1.165, 1.54) is 13.2 Å². The van der Waals surface area contributed by atoms with E-state index in [0.717, 1.165) is 43.2 Å². The zero-order chi connectivity index (χ0) is 32.8. The standard InChI is InChI=1S/C36H50N2O7/c1-24-14-13-15-27-20-29(22-30(39)21-27)38-33(41)23-31(44-4)18-11-6-5-7-12-19-32(40)25(2)34(24)45-36(43)26(3)37-35(42)28-16-9-8-10-17-28/h5-7,11-12,14,18,20-22,25-26,28,31-32,34,39-40H,8-10,13,15-17,19,23H2,1-4H3,(H,37,42)(H,38,41). The van der Waals surface area contributed by atoms with E-state index < -0.39 is 36.2 Å². The number of phenols is 1. The SMILES string of the molecule is COC1C=CC=CC=CCC(O)C(C)C(OC(=O)C(C)NC(=O)C2CCCCC2)C(C)=CCCc2cc(O)cc(c2)NC(=O)C1. The smallest absolute Gasteiger partial charge is 0.328 e. The van der Waals surface area contributed by atoms with E-state index in [4.69, 9.17) is 9.47 Å². The Morgan fingerprint density at radius 2 is 1.80 bits per heavy atom. The zero-order valence-electron chi connectivity index (χ0n) is 27.0. The highest BCUT2D eigenvalue weighted by atomic mass is 16.5. The third-order valence-corrected chi connectivity index (χ3v) is 8.49. The molecule has 0 aromatic heterocycles. The fourth-order valence-corrected chi connectivity index (χ4v) is 5.72. The van der Waals surface area contributed by atoms with Crippen molar-refractivity contribution in [3.8, 4) is 5.75 Å². The lowest BCUT2D eigenvalue weighted by atomic mass is 9.88. The summed E-state index contributed by atoms with van der Waals surface area (Å²) >= 11 is 0. The number of esters is 1. The molecule has 1 aliphatic carbocycles. The number of aliphatic hydroxyl groups is 1. The van der Waals surface area contributed by atoms with Crippen LogP contribution in [0.2, 0.25) is 0 Å². The van der Waals surface area contributed by atoms with Gasteiger partial charge in [-0.1, -0.05) is 68.7 Å². The molecule has 246 valence electrons. The zero-order valence-corrected chi connectivity index (χ0v) is 27.0. The highest BCUT2D eigenvalue weighted by molar-refractivity contribution is 5.91. The number of hydrogen-bond acceptors (Lipinski definition) is 7. The Labute approximate surface area is 267 Å². The van der Waals surface area contributed by atoms with Gasteiger partial charge < -0.3 is 30.3 Å². The Bertz CT molecular complexity index is 1260. The molecule has 2 amide bonds. The lowest BCUT2D eigenvalue weighted by Crippen LogP contribution is -2.45. The average Bonchev–Trinajstić information content (AvgIpc) is 3.01. The lowest BCUT2D eigenvalue weighted by Gasteiger charge is -2.30. The predicted octanol–water partition coefficient (Wildman–Crippen LogP) is 5.68. The van der Waals surface area contributed by atoms with Gasteiger partial charge in [0.15, 0.2) is 0 Å². The minimum atomic E-state index is -0.821. The number of allylic oxidation sites excluding steroid dienone is 5. The molecule has 1 saturated carbocycles. The van der Waals surface area contributed by atoms with E-state index in [-0.39, 0.29) is 29.9 Å². The maximum atomic E-state index is 13.2. The number of anilines is 1. The van der Waals surface area contributed by atoms with Crippen molar-refractivity contribution in [1.29, 1.82) is 0 Å². The molecule has 9 nitrogen and oxygen atoms in total. The summed E-state index contributed by atoms with van der Waals surface area (Å²) in [6.07, 6.45) is 17.3. The number of ether oxygens (including phenoxy) is 2. The van der Waals surface area contributed by atoms with Crippen LogP contribution in [0.4, 0.5) is 5.69 Å². The normalized spacial score (nSPS) is 24.9. The van der Waals surface area contributed by atoms with Crippen molar-refractivity contribution in [2.75, 3.05) is 12.4 Å². The molecule has 0 radical (unpaired) electrons. The second-order valence-electron chi connectivity index (χ2n) is 12.2. The largest absolute Gasteiger partial charge is 0.508 e. The number of fused-ring (bicyclic) bond motifs is 2. The van der Waals surface area contributed by atoms with Crippen LogP contribution in [0.1, 0.15) is 77.7 Å². The van der Waals surface area contributed by atoms with E-state index in [9.17, 15) is 24.6 Å². The summed E-state index contributed by atoms with van der Waals surface area (Å²) in [6.45, 7) is 5.35. The van der Waals surface area contributed by atoms with E-state index in [2.05, 4.69) is 10.6 Å². The third-order valence-electron chi connectivity index (χ3n) is 8.49. The van der Waals surface area contributed by atoms with Gasteiger partial charge in [0.05, 0.1) is 18.6 Å². The van der Waals surface area contributed by atoms with Gasteiger partial charge in [-0.3, -0.25) is 9.59 Å². The van der Waals surface area contributed by atoms with Gasteiger partial charge in [0.1, 0.15) is 17.9 Å². The Hall–Kier alpha value is -3.69. The van der Waals surface area contributed by atoms with Gasteiger partial charge in [0.2, 0.25) is 11.8 Å². The molecule has 5 atom stereocenters. The molecule has 9 heteroatoms. The summed E-state index contributed by atoms with van der Waals surface area (Å²) in [5, 5.41) is 27.1. The topological polar surface area (TPSA) is 134 Å². The predicted molar refractivity (Wildman–Crippen MR) is 175 cm³/mol. The van der Waals surface area contributed by atoms with Crippen molar-refractivity contribution < 1.29 is 34.1 Å². The molecular weight excluding hydrogens is 572 g/mol. The Kier molecular flexibility index (Phi) is 14.6. The maximum Gasteiger partial charge on any atom is 0.328 e. The Balaban J connectivity index is 1.81. The van der Waals surface area contributed by atoms with E-state index in [0.29, 0.717) is 24.9 Å². The summed E-state index contributed by atoms with van der Waals surface area (Å²) in [7, 11) is 1.54. The maximum absolute atomic E-state index is 13.2. The van der Waals surface area contributed by atoms with Gasteiger partial charge in [-0.05, 0) is 69.2 Å². The van der Waals surface area contributed by atoms with Gasteiger partial charge in [-0.15, -0.1) is 0 Å². The van der Waals surface area contributed by atoms with E-state index >= 15 is 0 Å². The van der Waals surface area contributed by atoms with Crippen molar-refractivity contribution in [2.45, 2.75) is 103 Å². The van der Waals surface area contributed by atoms with E-state index in [1.54, 1.807) is 31.2 Å². The quantitative estimate of drug-likeness (QED) is 0.245. The Morgan fingerprint density at radius 3 is 2.53 bits per heavy atom. The highest BCUT2D eigenvalue weighted by Gasteiger charge is 2.31. The fraction of sp³-hybridized carbons (Fsp3) is 0.528. The third kappa shape index (κ3) is 12.0. The number of nitrogens with one attached hydrogen (secondary N) is 2. The number of rotatable bonds is 5. The second-order valence-corrected chi connectivity index (χ2v) is 12.2. The molecule has 1 fully saturated rings. The summed E-state index contributed by atoms with van der Waals surface area (Å²) in [5.74, 6) is -1.37. The van der Waals surface area contributed by atoms with Gasteiger partial charge in [0, 0.05) is 30.7 Å². The first kappa shape index (κ1) is 35.8. The van der Waals surface area contributed by atoms with Gasteiger partial charge >= 0.3 is 5.97 Å². The number of amides is 2. The van der Waals surface area contributed by atoms with Gasteiger partial charge in [-0.2, -0.15) is 0 Å². The molecule has 0 saturated heterocycles. The van der Waals surface area contributed by atoms with Crippen LogP contribution >= 0.6 is 0 Å². The summed E-state index contributed by atoms with van der Waals surface area (Å²) in [4.78, 5) is 38.7. The molecule has 1 heterocycles. The molecule has 1 aromatic carbocycles. The van der Waals surface area contributed by atoms with Crippen molar-refractivity contribution in [3.05, 3.63) is 71.9 Å². The number of carbonyl (C=O) groups is 3. The molecule has 3 rings (SSSR count). The van der Waals surface area contributed by atoms with Crippen LogP contribution in [0.3, 0.4) is 0 Å². The van der Waals surface area contributed by atoms with Gasteiger partial charge in [0.25, 0.3) is 0 Å². The van der Waals surface area contributed by atoms with Crippen molar-refractivity contribution in [1.82, 2.24) is 5.32 Å². The number of carbonyl (C=O) groups excluding carboxylic acids is 3. The summed E-state index contributed by atoms with van der Waals surface area (Å²) < 4.78 is 11.4. The number of aliphatic hydroxyl groups excluding tert-OH is 1. The number of benzene rings is 1.